The van der Waals surface area contributed by atoms with Crippen molar-refractivity contribution in [1.82, 2.24) is 0 Å². The van der Waals surface area contributed by atoms with Gasteiger partial charge in [0.05, 0.1) is 6.61 Å². The lowest BCUT2D eigenvalue weighted by Crippen LogP contribution is -1.95. The van der Waals surface area contributed by atoms with Gasteiger partial charge in [-0.15, -0.1) is 0 Å². The van der Waals surface area contributed by atoms with Crippen molar-refractivity contribution in [2.24, 2.45) is 0 Å². The first-order valence-electron chi connectivity index (χ1n) is 7.29. The molecule has 1 aromatic rings. The lowest BCUT2D eigenvalue weighted by molar-refractivity contribution is 0.317. The molecule has 0 bridgehead atoms. The van der Waals surface area contributed by atoms with Crippen LogP contribution in [0.5, 0.6) is 5.75 Å². The van der Waals surface area contributed by atoms with E-state index in [1.807, 2.05) is 44.2 Å². The van der Waals surface area contributed by atoms with E-state index in [2.05, 4.69) is 32.6 Å². The van der Waals surface area contributed by atoms with Crippen LogP contribution in [0, 0.1) is 6.92 Å². The van der Waals surface area contributed by atoms with Gasteiger partial charge in [-0.3, -0.25) is 0 Å². The van der Waals surface area contributed by atoms with Crippen LogP contribution >= 0.6 is 0 Å². The predicted octanol–water partition coefficient (Wildman–Crippen LogP) is 5.55. The summed E-state index contributed by atoms with van der Waals surface area (Å²) >= 11 is 0. The Labute approximate surface area is 124 Å². The normalized spacial score (nSPS) is 10.9. The number of allylic oxidation sites excluding steroid dienone is 5. The SMILES string of the molecule is CC.[CH2]/C=C\C=C(/C=C)Cc1ccc(OCCC)cc1. The number of ether oxygens (including phenoxy) is 1. The van der Waals surface area contributed by atoms with Crippen LogP contribution < -0.4 is 4.74 Å². The monoisotopic (exact) mass is 271 g/mol. The van der Waals surface area contributed by atoms with E-state index in [0.29, 0.717) is 0 Å². The maximum Gasteiger partial charge on any atom is 0.119 e. The minimum Gasteiger partial charge on any atom is -0.494 e. The Balaban J connectivity index is 0.00000172. The first kappa shape index (κ1) is 18.2. The lowest BCUT2D eigenvalue weighted by atomic mass is 10.0. The van der Waals surface area contributed by atoms with E-state index in [9.17, 15) is 0 Å². The van der Waals surface area contributed by atoms with Crippen LogP contribution in [0.25, 0.3) is 0 Å². The van der Waals surface area contributed by atoms with E-state index in [0.717, 1.165) is 25.2 Å². The van der Waals surface area contributed by atoms with E-state index < -0.39 is 0 Å². The van der Waals surface area contributed by atoms with Crippen LogP contribution in [0.1, 0.15) is 32.8 Å². The van der Waals surface area contributed by atoms with Crippen molar-refractivity contribution in [3.63, 3.8) is 0 Å². The topological polar surface area (TPSA) is 9.23 Å². The summed E-state index contributed by atoms with van der Waals surface area (Å²) in [4.78, 5) is 0. The van der Waals surface area contributed by atoms with Gasteiger partial charge < -0.3 is 4.74 Å². The molecule has 20 heavy (non-hydrogen) atoms. The largest absolute Gasteiger partial charge is 0.494 e. The summed E-state index contributed by atoms with van der Waals surface area (Å²) in [5, 5.41) is 0. The number of hydrogen-bond acceptors (Lipinski definition) is 1. The Bertz CT molecular complexity index is 410. The molecule has 0 saturated carbocycles. The van der Waals surface area contributed by atoms with Crippen LogP contribution in [0.15, 0.2) is 60.7 Å². The molecule has 1 nitrogen and oxygen atoms in total. The molecule has 0 heterocycles. The Morgan fingerprint density at radius 3 is 2.35 bits per heavy atom. The van der Waals surface area contributed by atoms with Crippen molar-refractivity contribution >= 4 is 0 Å². The van der Waals surface area contributed by atoms with E-state index in [1.54, 1.807) is 6.08 Å². The zero-order valence-electron chi connectivity index (χ0n) is 13.1. The summed E-state index contributed by atoms with van der Waals surface area (Å²) in [5.74, 6) is 0.933. The molecule has 0 aliphatic carbocycles. The summed E-state index contributed by atoms with van der Waals surface area (Å²) < 4.78 is 5.55. The summed E-state index contributed by atoms with van der Waals surface area (Å²) in [6.07, 6.45) is 9.51. The van der Waals surface area contributed by atoms with Crippen molar-refractivity contribution in [3.05, 3.63) is 73.2 Å². The van der Waals surface area contributed by atoms with Gasteiger partial charge in [0.15, 0.2) is 0 Å². The second-order valence-electron chi connectivity index (χ2n) is 4.04. The Morgan fingerprint density at radius 1 is 1.20 bits per heavy atom. The van der Waals surface area contributed by atoms with Crippen molar-refractivity contribution in [1.29, 1.82) is 0 Å². The average Bonchev–Trinajstić information content (AvgIpc) is 2.52. The Kier molecular flexibility index (Phi) is 11.2. The van der Waals surface area contributed by atoms with Crippen molar-refractivity contribution in [2.75, 3.05) is 6.61 Å². The van der Waals surface area contributed by atoms with Gasteiger partial charge in [-0.1, -0.05) is 63.8 Å². The van der Waals surface area contributed by atoms with Gasteiger partial charge in [0, 0.05) is 0 Å². The second kappa shape index (κ2) is 12.3. The third kappa shape index (κ3) is 7.63. The summed E-state index contributed by atoms with van der Waals surface area (Å²) in [7, 11) is 0. The average molecular weight is 271 g/mol. The number of hydrogen-bond donors (Lipinski definition) is 0. The van der Waals surface area contributed by atoms with Gasteiger partial charge in [0.2, 0.25) is 0 Å². The molecule has 0 aliphatic heterocycles. The van der Waals surface area contributed by atoms with Crippen molar-refractivity contribution < 1.29 is 4.74 Å². The number of rotatable bonds is 7. The van der Waals surface area contributed by atoms with Gasteiger partial charge in [0.25, 0.3) is 0 Å². The van der Waals surface area contributed by atoms with E-state index >= 15 is 0 Å². The molecule has 0 atom stereocenters. The van der Waals surface area contributed by atoms with Crippen molar-refractivity contribution in [2.45, 2.75) is 33.6 Å². The maximum absolute atomic E-state index is 5.55. The smallest absolute Gasteiger partial charge is 0.119 e. The minimum atomic E-state index is 0.769. The molecule has 0 saturated heterocycles. The maximum atomic E-state index is 5.55. The molecule has 0 unspecified atom stereocenters. The summed E-state index contributed by atoms with van der Waals surface area (Å²) in [6.45, 7) is 14.4. The van der Waals surface area contributed by atoms with E-state index in [-0.39, 0.29) is 0 Å². The summed E-state index contributed by atoms with van der Waals surface area (Å²) in [5.41, 5.74) is 2.43. The second-order valence-corrected chi connectivity index (χ2v) is 4.04. The van der Waals surface area contributed by atoms with E-state index in [1.165, 1.54) is 11.1 Å². The molecule has 0 aromatic heterocycles. The third-order valence-electron chi connectivity index (χ3n) is 2.51. The number of benzene rings is 1. The first-order chi connectivity index (χ1) is 9.80. The molecular weight excluding hydrogens is 244 g/mol. The van der Waals surface area contributed by atoms with Crippen LogP contribution in [-0.4, -0.2) is 6.61 Å². The molecule has 1 aromatic carbocycles. The highest BCUT2D eigenvalue weighted by Gasteiger charge is 1.97. The highest BCUT2D eigenvalue weighted by Crippen LogP contribution is 2.15. The molecule has 0 aliphatic rings. The van der Waals surface area contributed by atoms with Gasteiger partial charge in [-0.25, -0.2) is 0 Å². The Morgan fingerprint density at radius 2 is 1.85 bits per heavy atom. The van der Waals surface area contributed by atoms with Crippen LogP contribution in [0.4, 0.5) is 0 Å². The van der Waals surface area contributed by atoms with Gasteiger partial charge in [-0.2, -0.15) is 0 Å². The van der Waals surface area contributed by atoms with E-state index in [4.69, 9.17) is 4.74 Å². The fourth-order valence-electron chi connectivity index (χ4n) is 1.55. The molecule has 0 spiro atoms. The zero-order valence-corrected chi connectivity index (χ0v) is 13.1. The van der Waals surface area contributed by atoms with Crippen LogP contribution in [0.3, 0.4) is 0 Å². The van der Waals surface area contributed by atoms with Crippen LogP contribution in [0.2, 0.25) is 0 Å². The first-order valence-corrected chi connectivity index (χ1v) is 7.29. The third-order valence-corrected chi connectivity index (χ3v) is 2.51. The van der Waals surface area contributed by atoms with Gasteiger partial charge in [-0.05, 0) is 43.0 Å². The molecule has 0 N–H and O–H groups in total. The highest BCUT2D eigenvalue weighted by molar-refractivity contribution is 5.33. The van der Waals surface area contributed by atoms with Gasteiger partial charge >= 0.3 is 0 Å². The zero-order chi connectivity index (χ0) is 15.2. The van der Waals surface area contributed by atoms with Crippen molar-refractivity contribution in [3.8, 4) is 5.75 Å². The molecule has 1 heteroatoms. The fourth-order valence-corrected chi connectivity index (χ4v) is 1.55. The predicted molar refractivity (Wildman–Crippen MR) is 90.1 cm³/mol. The Hall–Kier alpha value is -1.76. The van der Waals surface area contributed by atoms with Gasteiger partial charge in [0.1, 0.15) is 5.75 Å². The highest BCUT2D eigenvalue weighted by atomic mass is 16.5. The summed E-state index contributed by atoms with van der Waals surface area (Å²) in [6, 6.07) is 8.22. The molecule has 1 radical (unpaired) electrons. The minimum absolute atomic E-state index is 0.769. The fraction of sp³-hybridized carbons (Fsp3) is 0.316. The molecule has 109 valence electrons. The standard InChI is InChI=1S/C17H21O.C2H6/c1-4-7-8-15(6-3)14-16-9-11-17(12-10-16)18-13-5-2;1-2/h4,6-12H,1,3,5,13-14H2,2H3;1-2H3/b7-4-,15-8+;. The van der Waals surface area contributed by atoms with Crippen LogP contribution in [-0.2, 0) is 6.42 Å². The molecule has 0 amide bonds. The molecule has 1 rings (SSSR count). The quantitative estimate of drug-likeness (QED) is 0.591. The lowest BCUT2D eigenvalue weighted by Gasteiger charge is -2.06. The molecular formula is C19H27O. The molecule has 0 fully saturated rings.